The van der Waals surface area contributed by atoms with Crippen LogP contribution in [0.25, 0.3) is 10.9 Å². The summed E-state index contributed by atoms with van der Waals surface area (Å²) in [6.45, 7) is 1.84. The van der Waals surface area contributed by atoms with E-state index in [0.717, 1.165) is 24.1 Å². The number of hydrogen-bond donors (Lipinski definition) is 4. The van der Waals surface area contributed by atoms with E-state index in [9.17, 15) is 19.2 Å². The predicted octanol–water partition coefficient (Wildman–Crippen LogP) is 4.39. The maximum absolute atomic E-state index is 12.6. The number of aromatic nitrogens is 3. The molecule has 1 aliphatic carbocycles. The van der Waals surface area contributed by atoms with E-state index >= 15 is 0 Å². The van der Waals surface area contributed by atoms with Gasteiger partial charge in [-0.2, -0.15) is 21.0 Å². The number of fused-ring (bicyclic) bond motifs is 2. The van der Waals surface area contributed by atoms with Gasteiger partial charge in [-0.1, -0.05) is 0 Å². The molecule has 0 radical (unpaired) electrons. The lowest BCUT2D eigenvalue weighted by atomic mass is 10.1. The molecule has 3 aromatic rings. The van der Waals surface area contributed by atoms with Gasteiger partial charge in [0.25, 0.3) is 5.56 Å². The van der Waals surface area contributed by atoms with Gasteiger partial charge < -0.3 is 10.3 Å². The normalized spacial score (nSPS) is 21.7. The molecule has 5 rings (SSSR count). The van der Waals surface area contributed by atoms with Gasteiger partial charge in [0.05, 0.1) is 34.2 Å². The monoisotopic (exact) mass is 425 g/mol. The van der Waals surface area contributed by atoms with Crippen molar-refractivity contribution >= 4 is 33.0 Å². The van der Waals surface area contributed by atoms with E-state index in [2.05, 4.69) is 16.4 Å². The van der Waals surface area contributed by atoms with Gasteiger partial charge in [0, 0.05) is 11.9 Å². The first kappa shape index (κ1) is 19.2. The topological polar surface area (TPSA) is 127 Å². The Hall–Kier alpha value is -2.80. The van der Waals surface area contributed by atoms with E-state index < -0.39 is 10.6 Å². The molecule has 30 heavy (non-hydrogen) atoms. The first-order valence-corrected chi connectivity index (χ1v) is 11.6. The van der Waals surface area contributed by atoms with Crippen LogP contribution in [0.3, 0.4) is 0 Å². The Morgan fingerprint density at radius 3 is 2.93 bits per heavy atom. The number of aromatic amines is 1. The summed E-state index contributed by atoms with van der Waals surface area (Å²) in [7, 11) is -2.76. The summed E-state index contributed by atoms with van der Waals surface area (Å²) >= 11 is 0. The van der Waals surface area contributed by atoms with E-state index in [1.165, 1.54) is 0 Å². The van der Waals surface area contributed by atoms with Gasteiger partial charge in [0.15, 0.2) is 5.82 Å². The molecule has 4 N–H and O–H groups in total. The molecule has 0 amide bonds. The first-order valence-electron chi connectivity index (χ1n) is 10.0. The maximum Gasteiger partial charge on any atom is 0.261 e. The van der Waals surface area contributed by atoms with E-state index in [1.807, 2.05) is 23.7 Å². The smallest absolute Gasteiger partial charge is 0.261 e. The molecular weight excluding hydrogens is 402 g/mol. The lowest BCUT2D eigenvalue weighted by Gasteiger charge is -2.32. The SMILES string of the molecule is CC1Cc2cc(Nc3nn(C(CC#N)C4CC4)c4cc[nH]c(=O)c34)ccc2S1(O)O. The van der Waals surface area contributed by atoms with Crippen molar-refractivity contribution in [1.82, 2.24) is 14.8 Å². The Kier molecular flexibility index (Phi) is 4.39. The fourth-order valence-corrected chi connectivity index (χ4v) is 6.00. The molecule has 8 nitrogen and oxygen atoms in total. The van der Waals surface area contributed by atoms with Gasteiger partial charge in [-0.15, -0.1) is 0 Å². The molecule has 1 saturated carbocycles. The van der Waals surface area contributed by atoms with Crippen molar-refractivity contribution in [3.05, 3.63) is 46.4 Å². The molecule has 3 heterocycles. The fourth-order valence-electron chi connectivity index (χ4n) is 4.36. The molecule has 9 heteroatoms. The Labute approximate surface area is 174 Å². The van der Waals surface area contributed by atoms with Crippen molar-refractivity contribution in [1.29, 1.82) is 5.26 Å². The van der Waals surface area contributed by atoms with E-state index in [-0.39, 0.29) is 16.9 Å². The highest BCUT2D eigenvalue weighted by molar-refractivity contribution is 8.25. The number of nitriles is 1. The van der Waals surface area contributed by atoms with Crippen LogP contribution in [0, 0.1) is 17.2 Å². The number of anilines is 2. The highest BCUT2D eigenvalue weighted by Crippen LogP contribution is 2.60. The fraction of sp³-hybridized carbons (Fsp3) is 0.381. The summed E-state index contributed by atoms with van der Waals surface area (Å²) in [5.41, 5.74) is 2.09. The number of nitrogens with one attached hydrogen (secondary N) is 2. The third-order valence-corrected chi connectivity index (χ3v) is 8.46. The van der Waals surface area contributed by atoms with Crippen LogP contribution in [0.1, 0.15) is 37.8 Å². The molecule has 1 aromatic carbocycles. The summed E-state index contributed by atoms with van der Waals surface area (Å²) < 4.78 is 22.6. The second-order valence-electron chi connectivity index (χ2n) is 8.18. The predicted molar refractivity (Wildman–Crippen MR) is 116 cm³/mol. The minimum absolute atomic E-state index is 0.0521. The van der Waals surface area contributed by atoms with E-state index in [1.54, 1.807) is 18.3 Å². The van der Waals surface area contributed by atoms with Crippen LogP contribution in [0.4, 0.5) is 11.5 Å². The van der Waals surface area contributed by atoms with Crippen LogP contribution in [0.5, 0.6) is 0 Å². The van der Waals surface area contributed by atoms with Crippen molar-refractivity contribution < 1.29 is 9.11 Å². The second-order valence-corrected chi connectivity index (χ2v) is 10.6. The second kappa shape index (κ2) is 6.87. The molecule has 2 atom stereocenters. The zero-order valence-corrected chi connectivity index (χ0v) is 17.3. The summed E-state index contributed by atoms with van der Waals surface area (Å²) in [5, 5.41) is 17.5. The van der Waals surface area contributed by atoms with Crippen molar-refractivity contribution in [2.75, 3.05) is 5.32 Å². The minimum atomic E-state index is -2.76. The summed E-state index contributed by atoms with van der Waals surface area (Å²) in [6, 6.07) is 9.43. The number of pyridine rings is 1. The highest BCUT2D eigenvalue weighted by atomic mass is 32.3. The number of H-pyrrole nitrogens is 1. The van der Waals surface area contributed by atoms with Gasteiger partial charge in [0.2, 0.25) is 0 Å². The third-order valence-electron chi connectivity index (χ3n) is 6.13. The number of benzene rings is 1. The first-order chi connectivity index (χ1) is 14.4. The van der Waals surface area contributed by atoms with Crippen molar-refractivity contribution in [2.45, 2.75) is 48.8 Å². The zero-order chi connectivity index (χ0) is 21.0. The summed E-state index contributed by atoms with van der Waals surface area (Å²) in [4.78, 5) is 15.9. The maximum atomic E-state index is 12.6. The van der Waals surface area contributed by atoms with Crippen molar-refractivity contribution in [3.8, 4) is 6.07 Å². The van der Waals surface area contributed by atoms with Gasteiger partial charge in [-0.3, -0.25) is 18.6 Å². The Bertz CT molecular complexity index is 1240. The summed E-state index contributed by atoms with van der Waals surface area (Å²) in [5.74, 6) is 0.847. The van der Waals surface area contributed by atoms with Gasteiger partial charge >= 0.3 is 0 Å². The number of nitrogens with zero attached hydrogens (tertiary/aromatic N) is 3. The zero-order valence-electron chi connectivity index (χ0n) is 16.5. The standard InChI is InChI=1S/C21H23N5O3S/c1-12-10-14-11-15(4-5-18(14)30(12,28)29)24-20-19-17(7-9-23-21(19)27)26(25-20)16(6-8-22)13-2-3-13/h4-5,7,9,11-13,16,28-29H,2-3,6,10H2,1H3,(H,23,27)(H,24,25). The van der Waals surface area contributed by atoms with Crippen LogP contribution < -0.4 is 10.9 Å². The van der Waals surface area contributed by atoms with Crippen LogP contribution in [-0.2, 0) is 6.42 Å². The summed E-state index contributed by atoms with van der Waals surface area (Å²) in [6.07, 6.45) is 4.67. The lowest BCUT2D eigenvalue weighted by molar-refractivity contribution is 0.426. The van der Waals surface area contributed by atoms with Crippen molar-refractivity contribution in [2.24, 2.45) is 5.92 Å². The Balaban J connectivity index is 1.57. The highest BCUT2D eigenvalue weighted by Gasteiger charge is 2.35. The average Bonchev–Trinajstić information content (AvgIpc) is 3.44. The van der Waals surface area contributed by atoms with Gasteiger partial charge in [-0.05, 0) is 61.9 Å². The quantitative estimate of drug-likeness (QED) is 0.480. The number of hydrogen-bond acceptors (Lipinski definition) is 6. The Morgan fingerprint density at radius 1 is 1.40 bits per heavy atom. The van der Waals surface area contributed by atoms with Gasteiger partial charge in [0.1, 0.15) is 5.39 Å². The molecule has 2 aromatic heterocycles. The number of rotatable bonds is 5. The molecule has 0 spiro atoms. The van der Waals surface area contributed by atoms with Crippen LogP contribution in [0.2, 0.25) is 0 Å². The lowest BCUT2D eigenvalue weighted by Crippen LogP contribution is -2.13. The molecule has 0 saturated heterocycles. The molecule has 2 aliphatic rings. The van der Waals surface area contributed by atoms with Crippen LogP contribution in [-0.4, -0.2) is 29.1 Å². The van der Waals surface area contributed by atoms with Crippen LogP contribution in [0.15, 0.2) is 40.2 Å². The molecule has 1 aliphatic heterocycles. The largest absolute Gasteiger partial charge is 0.338 e. The van der Waals surface area contributed by atoms with Crippen molar-refractivity contribution in [3.63, 3.8) is 0 Å². The van der Waals surface area contributed by atoms with Gasteiger partial charge in [-0.25, -0.2) is 0 Å². The van der Waals surface area contributed by atoms with E-state index in [0.29, 0.717) is 40.4 Å². The third kappa shape index (κ3) is 2.99. The van der Waals surface area contributed by atoms with Crippen LogP contribution >= 0.6 is 10.6 Å². The average molecular weight is 426 g/mol. The van der Waals surface area contributed by atoms with E-state index in [4.69, 9.17) is 5.10 Å². The molecule has 0 bridgehead atoms. The molecular formula is C21H23N5O3S. The molecule has 156 valence electrons. The molecule has 2 unspecified atom stereocenters. The molecule has 1 fully saturated rings. The Morgan fingerprint density at radius 2 is 2.20 bits per heavy atom. The minimum Gasteiger partial charge on any atom is -0.338 e.